The summed E-state index contributed by atoms with van der Waals surface area (Å²) in [5.41, 5.74) is 5.38. The molecular weight excluding hydrogens is 216 g/mol. The van der Waals surface area contributed by atoms with Crippen molar-refractivity contribution in [1.29, 1.82) is 0 Å². The van der Waals surface area contributed by atoms with Gasteiger partial charge < -0.3 is 10.5 Å². The van der Waals surface area contributed by atoms with Gasteiger partial charge in [-0.15, -0.1) is 0 Å². The van der Waals surface area contributed by atoms with Gasteiger partial charge in [-0.3, -0.25) is 0 Å². The number of rotatable bonds is 9. The molecule has 0 saturated carbocycles. The number of hydrogen-bond donors (Lipinski definition) is 2. The molecule has 0 aliphatic carbocycles. The SMILES string of the molecule is CCOCCCNS(=O)(=O)C(CC)CN. The van der Waals surface area contributed by atoms with Crippen molar-refractivity contribution in [2.75, 3.05) is 26.3 Å². The molecule has 0 heterocycles. The third-order valence-corrected chi connectivity index (χ3v) is 4.14. The van der Waals surface area contributed by atoms with Crippen molar-refractivity contribution in [2.24, 2.45) is 5.73 Å². The summed E-state index contributed by atoms with van der Waals surface area (Å²) in [6, 6.07) is 0. The number of hydrogen-bond acceptors (Lipinski definition) is 4. The first-order chi connectivity index (χ1) is 7.08. The van der Waals surface area contributed by atoms with Gasteiger partial charge in [-0.1, -0.05) is 6.92 Å². The summed E-state index contributed by atoms with van der Waals surface area (Å²) >= 11 is 0. The van der Waals surface area contributed by atoms with E-state index < -0.39 is 15.3 Å². The second-order valence-electron chi connectivity index (χ2n) is 3.26. The largest absolute Gasteiger partial charge is 0.382 e. The van der Waals surface area contributed by atoms with Crippen LogP contribution in [0, 0.1) is 0 Å². The van der Waals surface area contributed by atoms with E-state index in [0.717, 1.165) is 0 Å². The van der Waals surface area contributed by atoms with Gasteiger partial charge >= 0.3 is 0 Å². The first kappa shape index (κ1) is 14.8. The van der Waals surface area contributed by atoms with Crippen molar-refractivity contribution < 1.29 is 13.2 Å². The molecule has 1 atom stereocenters. The lowest BCUT2D eigenvalue weighted by atomic mass is 10.3. The van der Waals surface area contributed by atoms with Crippen LogP contribution in [0.3, 0.4) is 0 Å². The van der Waals surface area contributed by atoms with Gasteiger partial charge in [0, 0.05) is 26.3 Å². The molecule has 1 unspecified atom stereocenters. The standard InChI is InChI=1S/C9H22N2O3S/c1-3-9(8-10)15(12,13)11-6-5-7-14-4-2/h9,11H,3-8,10H2,1-2H3. The van der Waals surface area contributed by atoms with E-state index in [2.05, 4.69) is 4.72 Å². The summed E-state index contributed by atoms with van der Waals surface area (Å²) < 4.78 is 30.8. The molecule has 0 radical (unpaired) electrons. The highest BCUT2D eigenvalue weighted by molar-refractivity contribution is 7.90. The first-order valence-corrected chi connectivity index (χ1v) is 6.89. The van der Waals surface area contributed by atoms with Crippen LogP contribution in [0.5, 0.6) is 0 Å². The molecule has 0 aliphatic rings. The van der Waals surface area contributed by atoms with Crippen LogP contribution >= 0.6 is 0 Å². The Morgan fingerprint density at radius 3 is 2.53 bits per heavy atom. The quantitative estimate of drug-likeness (QED) is 0.557. The Morgan fingerprint density at radius 2 is 2.07 bits per heavy atom. The van der Waals surface area contributed by atoms with Crippen LogP contribution in [0.1, 0.15) is 26.7 Å². The molecule has 0 aromatic rings. The van der Waals surface area contributed by atoms with E-state index in [-0.39, 0.29) is 6.54 Å². The fourth-order valence-corrected chi connectivity index (χ4v) is 2.52. The zero-order chi connectivity index (χ0) is 11.7. The number of nitrogens with one attached hydrogen (secondary N) is 1. The van der Waals surface area contributed by atoms with Gasteiger partial charge in [-0.25, -0.2) is 13.1 Å². The van der Waals surface area contributed by atoms with Gasteiger partial charge in [0.25, 0.3) is 0 Å². The van der Waals surface area contributed by atoms with Crippen molar-refractivity contribution >= 4 is 10.0 Å². The maximum Gasteiger partial charge on any atom is 0.215 e. The normalized spacial score (nSPS) is 14.1. The number of nitrogens with two attached hydrogens (primary N) is 1. The van der Waals surface area contributed by atoms with E-state index in [9.17, 15) is 8.42 Å². The fraction of sp³-hybridized carbons (Fsp3) is 1.00. The second-order valence-corrected chi connectivity index (χ2v) is 5.30. The molecular formula is C9H22N2O3S. The van der Waals surface area contributed by atoms with Crippen LogP contribution in [0.15, 0.2) is 0 Å². The highest BCUT2D eigenvalue weighted by Gasteiger charge is 2.20. The Bertz CT molecular complexity index is 238. The molecule has 0 saturated heterocycles. The monoisotopic (exact) mass is 238 g/mol. The predicted molar refractivity (Wildman–Crippen MR) is 61.2 cm³/mol. The number of ether oxygens (including phenoxy) is 1. The van der Waals surface area contributed by atoms with Gasteiger partial charge in [0.1, 0.15) is 0 Å². The molecule has 92 valence electrons. The summed E-state index contributed by atoms with van der Waals surface area (Å²) in [6.45, 7) is 5.55. The van der Waals surface area contributed by atoms with Crippen molar-refractivity contribution in [2.45, 2.75) is 31.9 Å². The third kappa shape index (κ3) is 6.09. The summed E-state index contributed by atoms with van der Waals surface area (Å²) in [5.74, 6) is 0. The molecule has 0 spiro atoms. The Hall–Kier alpha value is -0.170. The van der Waals surface area contributed by atoms with Gasteiger partial charge in [-0.05, 0) is 19.8 Å². The lowest BCUT2D eigenvalue weighted by Gasteiger charge is -2.14. The molecule has 0 fully saturated rings. The molecule has 0 aliphatic heterocycles. The van der Waals surface area contributed by atoms with E-state index in [0.29, 0.717) is 32.6 Å². The smallest absolute Gasteiger partial charge is 0.215 e. The van der Waals surface area contributed by atoms with Crippen LogP contribution in [0.2, 0.25) is 0 Å². The molecule has 3 N–H and O–H groups in total. The Morgan fingerprint density at radius 1 is 1.40 bits per heavy atom. The summed E-state index contributed by atoms with van der Waals surface area (Å²) in [7, 11) is -3.24. The van der Waals surface area contributed by atoms with E-state index >= 15 is 0 Å². The van der Waals surface area contributed by atoms with Gasteiger partial charge in [0.05, 0.1) is 5.25 Å². The highest BCUT2D eigenvalue weighted by Crippen LogP contribution is 2.01. The zero-order valence-corrected chi connectivity index (χ0v) is 10.3. The Labute approximate surface area is 92.4 Å². The van der Waals surface area contributed by atoms with Crippen LogP contribution in [0.4, 0.5) is 0 Å². The van der Waals surface area contributed by atoms with Crippen LogP contribution in [-0.4, -0.2) is 40.0 Å². The lowest BCUT2D eigenvalue weighted by molar-refractivity contribution is 0.146. The van der Waals surface area contributed by atoms with Gasteiger partial charge in [0.15, 0.2) is 0 Å². The fourth-order valence-electron chi connectivity index (χ4n) is 1.16. The average molecular weight is 238 g/mol. The third-order valence-electron chi connectivity index (χ3n) is 2.13. The maximum absolute atomic E-state index is 11.6. The van der Waals surface area contributed by atoms with Gasteiger partial charge in [-0.2, -0.15) is 0 Å². The minimum Gasteiger partial charge on any atom is -0.382 e. The Kier molecular flexibility index (Phi) is 7.95. The minimum absolute atomic E-state index is 0.164. The van der Waals surface area contributed by atoms with Crippen molar-refractivity contribution in [3.63, 3.8) is 0 Å². The van der Waals surface area contributed by atoms with Crippen molar-refractivity contribution in [3.8, 4) is 0 Å². The van der Waals surface area contributed by atoms with Crippen LogP contribution < -0.4 is 10.5 Å². The minimum atomic E-state index is -3.24. The molecule has 15 heavy (non-hydrogen) atoms. The lowest BCUT2D eigenvalue weighted by Crippen LogP contribution is -2.39. The highest BCUT2D eigenvalue weighted by atomic mass is 32.2. The molecule has 0 rings (SSSR count). The van der Waals surface area contributed by atoms with E-state index in [1.165, 1.54) is 0 Å². The molecule has 0 aromatic heterocycles. The summed E-state index contributed by atoms with van der Waals surface area (Å²) in [4.78, 5) is 0. The maximum atomic E-state index is 11.6. The van der Waals surface area contributed by atoms with Crippen LogP contribution in [0.25, 0.3) is 0 Å². The molecule has 0 bridgehead atoms. The first-order valence-electron chi connectivity index (χ1n) is 5.34. The molecule has 6 heteroatoms. The van der Waals surface area contributed by atoms with E-state index in [1.54, 1.807) is 0 Å². The number of sulfonamides is 1. The Balaban J connectivity index is 3.83. The molecule has 5 nitrogen and oxygen atoms in total. The van der Waals surface area contributed by atoms with Gasteiger partial charge in [0.2, 0.25) is 10.0 Å². The van der Waals surface area contributed by atoms with E-state index in [1.807, 2.05) is 13.8 Å². The summed E-state index contributed by atoms with van der Waals surface area (Å²) in [5, 5.41) is -0.482. The molecule has 0 aromatic carbocycles. The van der Waals surface area contributed by atoms with E-state index in [4.69, 9.17) is 10.5 Å². The second kappa shape index (κ2) is 8.04. The summed E-state index contributed by atoms with van der Waals surface area (Å²) in [6.07, 6.45) is 1.23. The topological polar surface area (TPSA) is 81.4 Å². The zero-order valence-electron chi connectivity index (χ0n) is 9.53. The average Bonchev–Trinajstić information content (AvgIpc) is 2.18. The van der Waals surface area contributed by atoms with Crippen molar-refractivity contribution in [1.82, 2.24) is 4.72 Å². The predicted octanol–water partition coefficient (Wildman–Crippen LogP) is 0.0697. The van der Waals surface area contributed by atoms with Crippen molar-refractivity contribution in [3.05, 3.63) is 0 Å². The van der Waals surface area contributed by atoms with Crippen LogP contribution in [-0.2, 0) is 14.8 Å². The molecule has 0 amide bonds.